The molecule has 0 radical (unpaired) electrons. The molecule has 2 saturated heterocycles. The van der Waals surface area contributed by atoms with Crippen molar-refractivity contribution in [3.05, 3.63) is 76.8 Å². The summed E-state index contributed by atoms with van der Waals surface area (Å²) >= 11 is 6.10. The molecule has 0 N–H and O–H groups in total. The van der Waals surface area contributed by atoms with Gasteiger partial charge in [0.2, 0.25) is 0 Å². The molecular weight excluding hydrogens is 314 g/mol. The zero-order chi connectivity index (χ0) is 16.5. The second-order valence-electron chi connectivity index (χ2n) is 7.20. The maximum Gasteiger partial charge on any atom is 0.0406 e. The highest BCUT2D eigenvalue weighted by Gasteiger charge is 2.44. The first-order valence-corrected chi connectivity index (χ1v) is 9.31. The van der Waals surface area contributed by atoms with Gasteiger partial charge in [0.05, 0.1) is 0 Å². The Labute approximate surface area is 149 Å². The molecule has 1 nitrogen and oxygen atoms in total. The Hall–Kier alpha value is -1.57. The van der Waals surface area contributed by atoms with E-state index in [0.717, 1.165) is 11.1 Å². The van der Waals surface area contributed by atoms with E-state index in [-0.39, 0.29) is 0 Å². The van der Waals surface area contributed by atoms with Crippen LogP contribution in [-0.4, -0.2) is 24.0 Å². The third kappa shape index (κ3) is 3.03. The van der Waals surface area contributed by atoms with Gasteiger partial charge < -0.3 is 0 Å². The number of hydrogen-bond acceptors (Lipinski definition) is 1. The van der Waals surface area contributed by atoms with Gasteiger partial charge in [-0.2, -0.15) is 0 Å². The Morgan fingerprint density at radius 1 is 1.00 bits per heavy atom. The summed E-state index contributed by atoms with van der Waals surface area (Å²) in [5, 5.41) is 0.825. The van der Waals surface area contributed by atoms with E-state index in [9.17, 15) is 0 Å². The van der Waals surface area contributed by atoms with Gasteiger partial charge in [-0.15, -0.1) is 0 Å². The summed E-state index contributed by atoms with van der Waals surface area (Å²) in [4.78, 5) is 2.62. The average molecular weight is 338 g/mol. The summed E-state index contributed by atoms with van der Waals surface area (Å²) in [6.45, 7) is 0. The zero-order valence-corrected chi connectivity index (χ0v) is 14.9. The molecule has 2 aliphatic rings. The topological polar surface area (TPSA) is 3.24 Å². The van der Waals surface area contributed by atoms with Crippen molar-refractivity contribution in [2.24, 2.45) is 5.92 Å². The second kappa shape index (κ2) is 6.74. The van der Waals surface area contributed by atoms with Crippen LogP contribution in [0.5, 0.6) is 0 Å². The van der Waals surface area contributed by atoms with Gasteiger partial charge in [-0.1, -0.05) is 66.2 Å². The predicted molar refractivity (Wildman–Crippen MR) is 102 cm³/mol. The highest BCUT2D eigenvalue weighted by molar-refractivity contribution is 6.30. The van der Waals surface area contributed by atoms with Crippen molar-refractivity contribution in [2.75, 3.05) is 7.05 Å². The summed E-state index contributed by atoms with van der Waals surface area (Å²) < 4.78 is 0. The van der Waals surface area contributed by atoms with Crippen molar-refractivity contribution in [1.82, 2.24) is 4.90 Å². The minimum absolute atomic E-state index is 0.565. The summed E-state index contributed by atoms with van der Waals surface area (Å²) in [5.74, 6) is 1.16. The zero-order valence-electron chi connectivity index (χ0n) is 14.1. The molecule has 2 aromatic rings. The van der Waals surface area contributed by atoms with E-state index in [1.807, 2.05) is 12.1 Å². The van der Waals surface area contributed by atoms with Crippen LogP contribution in [0.2, 0.25) is 5.02 Å². The largest absolute Gasteiger partial charge is 0.300 e. The third-order valence-electron chi connectivity index (χ3n) is 5.94. The fraction of sp³-hybridized carbons (Fsp3) is 0.364. The van der Waals surface area contributed by atoms with Gasteiger partial charge in [0.15, 0.2) is 0 Å². The lowest BCUT2D eigenvalue weighted by molar-refractivity contribution is 0.124. The second-order valence-corrected chi connectivity index (χ2v) is 7.64. The van der Waals surface area contributed by atoms with Crippen LogP contribution >= 0.6 is 11.6 Å². The lowest BCUT2D eigenvalue weighted by Crippen LogP contribution is -2.45. The smallest absolute Gasteiger partial charge is 0.0406 e. The van der Waals surface area contributed by atoms with Crippen LogP contribution in [-0.2, 0) is 0 Å². The predicted octanol–water partition coefficient (Wildman–Crippen LogP) is 5.62. The van der Waals surface area contributed by atoms with Gasteiger partial charge in [-0.25, -0.2) is 0 Å². The molecule has 0 amide bonds. The molecule has 2 fully saturated rings. The lowest BCUT2D eigenvalue weighted by atomic mass is 9.76. The molecule has 4 rings (SSSR count). The number of rotatable bonds is 3. The minimum Gasteiger partial charge on any atom is -0.300 e. The van der Waals surface area contributed by atoms with E-state index in [1.54, 1.807) is 0 Å². The number of piperidine rings is 1. The number of nitrogens with zero attached hydrogens (tertiary/aromatic N) is 1. The molecule has 2 aromatic carbocycles. The molecule has 0 aliphatic carbocycles. The van der Waals surface area contributed by atoms with Crippen LogP contribution in [0.15, 0.2) is 60.7 Å². The molecule has 2 unspecified atom stereocenters. The molecule has 2 heteroatoms. The van der Waals surface area contributed by atoms with Crippen molar-refractivity contribution in [3.8, 4) is 0 Å². The fourth-order valence-corrected chi connectivity index (χ4v) is 4.75. The van der Waals surface area contributed by atoms with Gasteiger partial charge in [0.25, 0.3) is 0 Å². The summed E-state index contributed by atoms with van der Waals surface area (Å²) in [5.41, 5.74) is 2.72. The number of halogens is 1. The first kappa shape index (κ1) is 15.9. The van der Waals surface area contributed by atoms with E-state index in [0.29, 0.717) is 17.9 Å². The van der Waals surface area contributed by atoms with E-state index < -0.39 is 0 Å². The summed E-state index contributed by atoms with van der Waals surface area (Å²) in [7, 11) is 2.31. The molecular formula is C22H24ClN. The molecule has 4 atom stereocenters. The third-order valence-corrected chi connectivity index (χ3v) is 6.19. The normalized spacial score (nSPS) is 30.1. The van der Waals surface area contributed by atoms with E-state index >= 15 is 0 Å². The standard InChI is InChI=1S/C22H24ClN/c1-24-19-12-14-22(24)20(13-7-16-5-3-2-4-6-16)21(15-19)17-8-10-18(23)11-9-17/h2-11,13,19-22H,12,14-15H2,1H3/b13-7-/t19?,20-,21+,22?/m0/s1. The summed E-state index contributed by atoms with van der Waals surface area (Å²) in [6.07, 6.45) is 8.66. The molecule has 2 bridgehead atoms. The maximum atomic E-state index is 6.10. The van der Waals surface area contributed by atoms with Crippen molar-refractivity contribution in [3.63, 3.8) is 0 Å². The van der Waals surface area contributed by atoms with Gasteiger partial charge >= 0.3 is 0 Å². The SMILES string of the molecule is CN1C2CCC1[C@@H](/C=C\c1ccccc1)[C@@H](c1ccc(Cl)cc1)C2. The quantitative estimate of drug-likeness (QED) is 0.702. The summed E-state index contributed by atoms with van der Waals surface area (Å²) in [6, 6.07) is 20.6. The molecule has 0 saturated carbocycles. The van der Waals surface area contributed by atoms with E-state index in [4.69, 9.17) is 11.6 Å². The van der Waals surface area contributed by atoms with Crippen molar-refractivity contribution in [1.29, 1.82) is 0 Å². The highest BCUT2D eigenvalue weighted by atomic mass is 35.5. The Morgan fingerprint density at radius 3 is 2.50 bits per heavy atom. The maximum absolute atomic E-state index is 6.10. The van der Waals surface area contributed by atoms with Crippen LogP contribution < -0.4 is 0 Å². The van der Waals surface area contributed by atoms with Gasteiger partial charge in [-0.05, 0) is 61.4 Å². The monoisotopic (exact) mass is 337 g/mol. The van der Waals surface area contributed by atoms with Crippen molar-refractivity contribution < 1.29 is 0 Å². The first-order chi connectivity index (χ1) is 11.7. The lowest BCUT2D eigenvalue weighted by Gasteiger charge is -2.42. The van der Waals surface area contributed by atoms with Crippen LogP contribution in [0.25, 0.3) is 6.08 Å². The van der Waals surface area contributed by atoms with E-state index in [2.05, 4.69) is 66.6 Å². The molecule has 2 aliphatic heterocycles. The Morgan fingerprint density at radius 2 is 1.75 bits per heavy atom. The number of benzene rings is 2. The van der Waals surface area contributed by atoms with Crippen LogP contribution in [0.3, 0.4) is 0 Å². The molecule has 124 valence electrons. The van der Waals surface area contributed by atoms with Gasteiger partial charge in [0, 0.05) is 17.1 Å². The van der Waals surface area contributed by atoms with Crippen LogP contribution in [0.4, 0.5) is 0 Å². The average Bonchev–Trinajstić information content (AvgIpc) is 2.86. The Bertz CT molecular complexity index is 707. The minimum atomic E-state index is 0.565. The van der Waals surface area contributed by atoms with Gasteiger partial charge in [-0.3, -0.25) is 4.90 Å². The molecule has 2 heterocycles. The van der Waals surface area contributed by atoms with Crippen LogP contribution in [0.1, 0.15) is 36.3 Å². The number of hydrogen-bond donors (Lipinski definition) is 0. The fourth-order valence-electron chi connectivity index (χ4n) is 4.62. The Kier molecular flexibility index (Phi) is 4.47. The molecule has 24 heavy (non-hydrogen) atoms. The Balaban J connectivity index is 1.65. The molecule has 0 aromatic heterocycles. The van der Waals surface area contributed by atoms with Crippen LogP contribution in [0, 0.1) is 5.92 Å². The first-order valence-electron chi connectivity index (χ1n) is 8.93. The van der Waals surface area contributed by atoms with Gasteiger partial charge in [0.1, 0.15) is 0 Å². The number of fused-ring (bicyclic) bond motifs is 2. The molecule has 0 spiro atoms. The van der Waals surface area contributed by atoms with Crippen molar-refractivity contribution in [2.45, 2.75) is 37.3 Å². The highest BCUT2D eigenvalue weighted by Crippen LogP contribution is 2.47. The van der Waals surface area contributed by atoms with Crippen molar-refractivity contribution >= 4 is 17.7 Å². The van der Waals surface area contributed by atoms with E-state index in [1.165, 1.54) is 30.4 Å².